The van der Waals surface area contributed by atoms with E-state index < -0.39 is 47.1 Å². The molecule has 3 aromatic rings. The number of fused-ring (bicyclic) bond motifs is 1. The minimum atomic E-state index is -3.86. The smallest absolute Gasteiger partial charge is 0.387 e. The van der Waals surface area contributed by atoms with Crippen molar-refractivity contribution in [1.82, 2.24) is 9.88 Å². The Morgan fingerprint density at radius 1 is 1.08 bits per heavy atom. The number of rotatable bonds is 17. The summed E-state index contributed by atoms with van der Waals surface area (Å²) in [5.74, 6) is -2.60. The van der Waals surface area contributed by atoms with E-state index >= 15 is 0 Å². The van der Waals surface area contributed by atoms with Crippen LogP contribution < -0.4 is 13.8 Å². The predicted octanol–water partition coefficient (Wildman–Crippen LogP) is 7.53. The molecular formula is C37H35Cl2F2N3O8S. The third-order valence-electron chi connectivity index (χ3n) is 8.36. The molecule has 2 amide bonds. The molecule has 5 rings (SSSR count). The number of pyridine rings is 1. The van der Waals surface area contributed by atoms with Gasteiger partial charge in [0.1, 0.15) is 12.6 Å². The molecule has 0 saturated heterocycles. The van der Waals surface area contributed by atoms with Crippen molar-refractivity contribution >= 4 is 56.7 Å². The van der Waals surface area contributed by atoms with Crippen LogP contribution in [0.25, 0.3) is 0 Å². The van der Waals surface area contributed by atoms with Crippen LogP contribution in [-0.2, 0) is 26.1 Å². The third-order valence-corrected chi connectivity index (χ3v) is 10.3. The van der Waals surface area contributed by atoms with Gasteiger partial charge in [-0.05, 0) is 79.3 Å². The minimum absolute atomic E-state index is 0.00411. The normalized spacial score (nSPS) is 15.5. The number of esters is 1. The molecule has 0 radical (unpaired) electrons. The standard InChI is InChI=1S/C37H35Cl2F2N3O8S/c1-4-29(38)28(30(39)5-2)18-32(23-11-14-31(52-37(40)41)33(16-23)50-21-22-9-10-22)51-34(45)20-43-35(46)26-13-12-25(17-27(26)36(43)47)44(53(3,48)49)19-24-8-6-7-15-42-24/h4-8,11-17,22,32,37H,1,9-10,18-21H2,2-3H3/b29-28+,30-5+/t32-/m0/s1. The van der Waals surface area contributed by atoms with Gasteiger partial charge in [0.2, 0.25) is 10.0 Å². The lowest BCUT2D eigenvalue weighted by Gasteiger charge is -2.23. The summed E-state index contributed by atoms with van der Waals surface area (Å²) in [6.07, 6.45) is 5.99. The van der Waals surface area contributed by atoms with E-state index in [1.54, 1.807) is 31.2 Å². The Morgan fingerprint density at radius 2 is 1.81 bits per heavy atom. The Morgan fingerprint density at radius 3 is 2.43 bits per heavy atom. The number of sulfonamides is 1. The van der Waals surface area contributed by atoms with Gasteiger partial charge in [0, 0.05) is 22.7 Å². The van der Waals surface area contributed by atoms with Gasteiger partial charge in [0.25, 0.3) is 11.8 Å². The lowest BCUT2D eigenvalue weighted by Crippen LogP contribution is -2.36. The molecule has 1 aliphatic carbocycles. The number of hydrogen-bond donors (Lipinski definition) is 0. The number of benzene rings is 2. The number of halogens is 4. The van der Waals surface area contributed by atoms with Crippen LogP contribution in [0.3, 0.4) is 0 Å². The summed E-state index contributed by atoms with van der Waals surface area (Å²) in [5.41, 5.74) is 1.04. The zero-order chi connectivity index (χ0) is 38.4. The molecule has 0 unspecified atom stereocenters. The lowest BCUT2D eigenvalue weighted by atomic mass is 9.99. The van der Waals surface area contributed by atoms with Gasteiger partial charge in [0.15, 0.2) is 11.5 Å². The summed E-state index contributed by atoms with van der Waals surface area (Å²) in [7, 11) is -3.86. The molecule has 1 saturated carbocycles. The Bertz CT molecular complexity index is 2070. The molecular weight excluding hydrogens is 755 g/mol. The van der Waals surface area contributed by atoms with Crippen LogP contribution in [0.4, 0.5) is 14.5 Å². The van der Waals surface area contributed by atoms with Crippen molar-refractivity contribution in [3.63, 3.8) is 0 Å². The first-order valence-electron chi connectivity index (χ1n) is 16.3. The first-order valence-corrected chi connectivity index (χ1v) is 18.9. The molecule has 0 spiro atoms. The van der Waals surface area contributed by atoms with Crippen LogP contribution >= 0.6 is 23.2 Å². The Kier molecular flexibility index (Phi) is 12.6. The van der Waals surface area contributed by atoms with Gasteiger partial charge in [-0.25, -0.2) is 8.42 Å². The summed E-state index contributed by atoms with van der Waals surface area (Å²) in [4.78, 5) is 45.4. The molecule has 2 aliphatic rings. The molecule has 280 valence electrons. The average molecular weight is 791 g/mol. The van der Waals surface area contributed by atoms with E-state index in [9.17, 15) is 31.6 Å². The van der Waals surface area contributed by atoms with Crippen molar-refractivity contribution in [2.75, 3.05) is 23.7 Å². The largest absolute Gasteiger partial charge is 0.489 e. The summed E-state index contributed by atoms with van der Waals surface area (Å²) < 4.78 is 69.4. The van der Waals surface area contributed by atoms with Gasteiger partial charge in [-0.15, -0.1) is 0 Å². The van der Waals surface area contributed by atoms with E-state index in [-0.39, 0.29) is 69.4 Å². The van der Waals surface area contributed by atoms with Gasteiger partial charge >= 0.3 is 12.6 Å². The van der Waals surface area contributed by atoms with E-state index in [1.807, 2.05) is 0 Å². The van der Waals surface area contributed by atoms with Crippen LogP contribution in [0.2, 0.25) is 0 Å². The minimum Gasteiger partial charge on any atom is -0.489 e. The summed E-state index contributed by atoms with van der Waals surface area (Å²) >= 11 is 12.9. The van der Waals surface area contributed by atoms with Crippen molar-refractivity contribution in [2.45, 2.75) is 45.4 Å². The highest BCUT2D eigenvalue weighted by Crippen LogP contribution is 2.39. The number of anilines is 1. The quantitative estimate of drug-likeness (QED) is 0.0774. The van der Waals surface area contributed by atoms with Crippen LogP contribution in [0.5, 0.6) is 11.5 Å². The van der Waals surface area contributed by atoms with Crippen LogP contribution in [0.15, 0.2) is 95.2 Å². The van der Waals surface area contributed by atoms with E-state index in [0.717, 1.165) is 23.4 Å². The van der Waals surface area contributed by atoms with Crippen LogP contribution in [0.1, 0.15) is 64.3 Å². The monoisotopic (exact) mass is 789 g/mol. The number of carbonyl (C=O) groups is 3. The van der Waals surface area contributed by atoms with E-state index in [1.165, 1.54) is 48.7 Å². The average Bonchev–Trinajstić information content (AvgIpc) is 3.94. The summed E-state index contributed by atoms with van der Waals surface area (Å²) in [6, 6.07) is 13.1. The highest BCUT2D eigenvalue weighted by atomic mass is 35.5. The van der Waals surface area contributed by atoms with Crippen molar-refractivity contribution in [3.05, 3.63) is 118 Å². The lowest BCUT2D eigenvalue weighted by molar-refractivity contribution is -0.149. The molecule has 1 fully saturated rings. The second-order valence-electron chi connectivity index (χ2n) is 12.2. The zero-order valence-electron chi connectivity index (χ0n) is 28.6. The number of ether oxygens (including phenoxy) is 3. The fourth-order valence-electron chi connectivity index (χ4n) is 5.48. The number of carbonyl (C=O) groups excluding carboxylic acids is 3. The first kappa shape index (κ1) is 39.4. The number of amides is 2. The van der Waals surface area contributed by atoms with E-state index in [0.29, 0.717) is 16.2 Å². The molecule has 1 aromatic heterocycles. The molecule has 0 N–H and O–H groups in total. The predicted molar refractivity (Wildman–Crippen MR) is 195 cm³/mol. The van der Waals surface area contributed by atoms with E-state index in [4.69, 9.17) is 32.7 Å². The highest BCUT2D eigenvalue weighted by Gasteiger charge is 2.38. The third kappa shape index (κ3) is 9.80. The van der Waals surface area contributed by atoms with Crippen molar-refractivity contribution in [1.29, 1.82) is 0 Å². The maximum atomic E-state index is 13.6. The molecule has 11 nitrogen and oxygen atoms in total. The number of alkyl halides is 2. The van der Waals surface area contributed by atoms with Crippen molar-refractivity contribution in [3.8, 4) is 11.5 Å². The van der Waals surface area contributed by atoms with Gasteiger partial charge in [-0.2, -0.15) is 8.78 Å². The number of allylic oxidation sites excluding steroid dienone is 4. The molecule has 53 heavy (non-hydrogen) atoms. The molecule has 0 bridgehead atoms. The summed E-state index contributed by atoms with van der Waals surface area (Å²) in [6.45, 7) is 1.53. The number of hydrogen-bond acceptors (Lipinski definition) is 9. The number of imide groups is 1. The molecule has 1 atom stereocenters. The zero-order valence-corrected chi connectivity index (χ0v) is 31.0. The Hall–Kier alpha value is -4.79. The van der Waals surface area contributed by atoms with Gasteiger partial charge in [0.05, 0.1) is 41.9 Å². The molecule has 2 heterocycles. The van der Waals surface area contributed by atoms with Gasteiger partial charge in [-0.3, -0.25) is 28.6 Å². The fourth-order valence-corrected chi connectivity index (χ4v) is 6.75. The topological polar surface area (TPSA) is 132 Å². The molecule has 2 aromatic carbocycles. The Balaban J connectivity index is 1.42. The first-order chi connectivity index (χ1) is 25.2. The van der Waals surface area contributed by atoms with Gasteiger partial charge < -0.3 is 14.2 Å². The second kappa shape index (κ2) is 16.9. The number of nitrogens with zero attached hydrogens (tertiary/aromatic N) is 3. The van der Waals surface area contributed by atoms with Crippen LogP contribution in [-0.4, -0.2) is 62.1 Å². The van der Waals surface area contributed by atoms with Crippen LogP contribution in [0, 0.1) is 5.92 Å². The van der Waals surface area contributed by atoms with Gasteiger partial charge in [-0.1, -0.05) is 54.1 Å². The maximum Gasteiger partial charge on any atom is 0.387 e. The molecule has 16 heteroatoms. The van der Waals surface area contributed by atoms with E-state index in [2.05, 4.69) is 16.3 Å². The van der Waals surface area contributed by atoms with Crippen molar-refractivity contribution in [2.24, 2.45) is 5.92 Å². The molecule has 1 aliphatic heterocycles. The Labute approximate surface area is 315 Å². The SMILES string of the molecule is C=C/C(Cl)=C(C[C@H](OC(=O)CN1C(=O)c2ccc(N(Cc3ccccn3)S(C)(=O)=O)cc2C1=O)c1ccc(OC(F)F)c(OCC2CC2)c1)\C(Cl)=C/C. The highest BCUT2D eigenvalue weighted by molar-refractivity contribution is 7.92. The fraction of sp³-hybridized carbons (Fsp3) is 0.297. The summed E-state index contributed by atoms with van der Waals surface area (Å²) in [5, 5.41) is 0.375. The second-order valence-corrected chi connectivity index (χ2v) is 14.9. The maximum absolute atomic E-state index is 13.6. The van der Waals surface area contributed by atoms with Crippen molar-refractivity contribution < 1.29 is 45.8 Å². The number of aromatic nitrogens is 1.